The molecule has 17 heavy (non-hydrogen) atoms. The summed E-state index contributed by atoms with van der Waals surface area (Å²) >= 11 is 0. The molecule has 1 fully saturated rings. The highest BCUT2D eigenvalue weighted by atomic mass is 35.5. The van der Waals surface area contributed by atoms with Gasteiger partial charge in [-0.25, -0.2) is 8.78 Å². The van der Waals surface area contributed by atoms with E-state index in [1.165, 1.54) is 4.90 Å². The largest absolute Gasteiger partial charge is 0.337 e. The van der Waals surface area contributed by atoms with Crippen LogP contribution in [0.3, 0.4) is 0 Å². The number of amides is 1. The Morgan fingerprint density at radius 1 is 1.41 bits per heavy atom. The van der Waals surface area contributed by atoms with Crippen molar-refractivity contribution >= 4 is 18.3 Å². The van der Waals surface area contributed by atoms with E-state index in [1.807, 2.05) is 0 Å². The maximum atomic E-state index is 13.3. The van der Waals surface area contributed by atoms with Crippen LogP contribution in [0.15, 0.2) is 18.2 Å². The molecule has 94 valence electrons. The summed E-state index contributed by atoms with van der Waals surface area (Å²) in [6.45, 7) is 0.951. The first-order valence-corrected chi connectivity index (χ1v) is 5.08. The van der Waals surface area contributed by atoms with E-state index in [1.54, 1.807) is 0 Å². The number of hydrogen-bond donors (Lipinski definition) is 1. The molecule has 1 aromatic rings. The van der Waals surface area contributed by atoms with Crippen LogP contribution < -0.4 is 5.73 Å². The molecule has 1 amide bonds. The SMILES string of the molecule is Cl.N[C@@H]1CCN(C(=O)c2ccc(F)cc2F)C1. The lowest BCUT2D eigenvalue weighted by atomic mass is 10.2. The van der Waals surface area contributed by atoms with Crippen molar-refractivity contribution < 1.29 is 13.6 Å². The average Bonchev–Trinajstić information content (AvgIpc) is 2.64. The Kier molecular flexibility index (Phi) is 4.42. The molecule has 1 heterocycles. The van der Waals surface area contributed by atoms with E-state index < -0.39 is 17.5 Å². The van der Waals surface area contributed by atoms with Crippen molar-refractivity contribution in [2.45, 2.75) is 12.5 Å². The molecule has 0 aromatic heterocycles. The number of rotatable bonds is 1. The molecule has 1 aliphatic rings. The molecule has 0 aliphatic carbocycles. The predicted octanol–water partition coefficient (Wildman–Crippen LogP) is 1.56. The van der Waals surface area contributed by atoms with Gasteiger partial charge in [-0.2, -0.15) is 0 Å². The Morgan fingerprint density at radius 3 is 2.65 bits per heavy atom. The Bertz CT molecular complexity index is 428. The lowest BCUT2D eigenvalue weighted by molar-refractivity contribution is 0.0786. The average molecular weight is 263 g/mol. The summed E-state index contributed by atoms with van der Waals surface area (Å²) in [5, 5.41) is 0. The second kappa shape index (κ2) is 5.42. The molecule has 0 saturated carbocycles. The third-order valence-corrected chi connectivity index (χ3v) is 2.67. The zero-order valence-electron chi connectivity index (χ0n) is 9.03. The number of nitrogens with zero attached hydrogens (tertiary/aromatic N) is 1. The topological polar surface area (TPSA) is 46.3 Å². The van der Waals surface area contributed by atoms with Crippen molar-refractivity contribution in [1.82, 2.24) is 4.90 Å². The molecule has 0 unspecified atom stereocenters. The lowest BCUT2D eigenvalue weighted by Gasteiger charge is -2.15. The van der Waals surface area contributed by atoms with Crippen LogP contribution in [0.4, 0.5) is 8.78 Å². The molecular weight excluding hydrogens is 250 g/mol. The first-order chi connectivity index (χ1) is 7.58. The van der Waals surface area contributed by atoms with Gasteiger partial charge in [0.25, 0.3) is 5.91 Å². The van der Waals surface area contributed by atoms with Gasteiger partial charge in [-0.05, 0) is 18.6 Å². The summed E-state index contributed by atoms with van der Waals surface area (Å²) in [5.41, 5.74) is 5.55. The van der Waals surface area contributed by atoms with Gasteiger partial charge in [0.1, 0.15) is 11.6 Å². The van der Waals surface area contributed by atoms with Gasteiger partial charge in [-0.1, -0.05) is 0 Å². The monoisotopic (exact) mass is 262 g/mol. The van der Waals surface area contributed by atoms with Crippen molar-refractivity contribution in [2.75, 3.05) is 13.1 Å². The minimum atomic E-state index is -0.828. The van der Waals surface area contributed by atoms with E-state index in [0.717, 1.165) is 12.1 Å². The molecular formula is C11H13ClF2N2O. The number of carbonyl (C=O) groups is 1. The molecule has 3 nitrogen and oxygen atoms in total. The number of nitrogens with two attached hydrogens (primary N) is 1. The third-order valence-electron chi connectivity index (χ3n) is 2.67. The van der Waals surface area contributed by atoms with Gasteiger partial charge in [0.05, 0.1) is 5.56 Å². The van der Waals surface area contributed by atoms with E-state index >= 15 is 0 Å². The van der Waals surface area contributed by atoms with E-state index in [4.69, 9.17) is 5.73 Å². The second-order valence-electron chi connectivity index (χ2n) is 3.92. The molecule has 2 N–H and O–H groups in total. The number of likely N-dealkylation sites (tertiary alicyclic amines) is 1. The maximum Gasteiger partial charge on any atom is 0.256 e. The van der Waals surface area contributed by atoms with Crippen LogP contribution in [0.2, 0.25) is 0 Å². The van der Waals surface area contributed by atoms with Gasteiger partial charge in [-0.15, -0.1) is 12.4 Å². The van der Waals surface area contributed by atoms with E-state index in [-0.39, 0.29) is 24.0 Å². The lowest BCUT2D eigenvalue weighted by Crippen LogP contribution is -2.32. The molecule has 1 aromatic carbocycles. The fourth-order valence-electron chi connectivity index (χ4n) is 1.81. The highest BCUT2D eigenvalue weighted by Gasteiger charge is 2.26. The zero-order chi connectivity index (χ0) is 11.7. The summed E-state index contributed by atoms with van der Waals surface area (Å²) in [6, 6.07) is 2.90. The van der Waals surface area contributed by atoms with Crippen LogP contribution in [0, 0.1) is 11.6 Å². The summed E-state index contributed by atoms with van der Waals surface area (Å²) in [5.74, 6) is -1.94. The van der Waals surface area contributed by atoms with Gasteiger partial charge in [0.15, 0.2) is 0 Å². The standard InChI is InChI=1S/C11H12F2N2O.ClH/c12-7-1-2-9(10(13)5-7)11(16)15-4-3-8(14)6-15;/h1-2,5,8H,3-4,6,14H2;1H/t8-;/m1./s1. The van der Waals surface area contributed by atoms with Gasteiger partial charge >= 0.3 is 0 Å². The molecule has 0 spiro atoms. The van der Waals surface area contributed by atoms with Crippen LogP contribution in [0.25, 0.3) is 0 Å². The number of halogens is 3. The van der Waals surface area contributed by atoms with Crippen LogP contribution in [-0.2, 0) is 0 Å². The number of carbonyl (C=O) groups excluding carboxylic acids is 1. The highest BCUT2D eigenvalue weighted by molar-refractivity contribution is 5.94. The minimum absolute atomic E-state index is 0. The van der Waals surface area contributed by atoms with Crippen LogP contribution in [-0.4, -0.2) is 29.9 Å². The van der Waals surface area contributed by atoms with Gasteiger partial charge in [-0.3, -0.25) is 4.79 Å². The third kappa shape index (κ3) is 2.92. The first-order valence-electron chi connectivity index (χ1n) is 5.08. The van der Waals surface area contributed by atoms with Crippen LogP contribution >= 0.6 is 12.4 Å². The molecule has 1 saturated heterocycles. The molecule has 0 bridgehead atoms. The first kappa shape index (κ1) is 13.9. The molecule has 6 heteroatoms. The molecule has 1 atom stereocenters. The quantitative estimate of drug-likeness (QED) is 0.835. The van der Waals surface area contributed by atoms with Crippen molar-refractivity contribution in [3.05, 3.63) is 35.4 Å². The van der Waals surface area contributed by atoms with Crippen molar-refractivity contribution in [1.29, 1.82) is 0 Å². The van der Waals surface area contributed by atoms with Crippen LogP contribution in [0.1, 0.15) is 16.8 Å². The predicted molar refractivity (Wildman–Crippen MR) is 62.1 cm³/mol. The second-order valence-corrected chi connectivity index (χ2v) is 3.92. The van der Waals surface area contributed by atoms with Gasteiger partial charge in [0.2, 0.25) is 0 Å². The van der Waals surface area contributed by atoms with E-state index in [9.17, 15) is 13.6 Å². The summed E-state index contributed by atoms with van der Waals surface area (Å²) in [6.07, 6.45) is 0.717. The fourth-order valence-corrected chi connectivity index (χ4v) is 1.81. The summed E-state index contributed by atoms with van der Waals surface area (Å²) in [4.78, 5) is 13.3. The van der Waals surface area contributed by atoms with Crippen LogP contribution in [0.5, 0.6) is 0 Å². The van der Waals surface area contributed by atoms with Crippen molar-refractivity contribution in [2.24, 2.45) is 5.73 Å². The highest BCUT2D eigenvalue weighted by Crippen LogP contribution is 2.15. The number of benzene rings is 1. The van der Waals surface area contributed by atoms with Gasteiger partial charge in [0, 0.05) is 25.2 Å². The Balaban J connectivity index is 0.00000144. The Hall–Kier alpha value is -1.20. The minimum Gasteiger partial charge on any atom is -0.337 e. The van der Waals surface area contributed by atoms with Crippen molar-refractivity contribution in [3.63, 3.8) is 0 Å². The zero-order valence-corrected chi connectivity index (χ0v) is 9.84. The normalized spacial score (nSPS) is 19.0. The van der Waals surface area contributed by atoms with E-state index in [2.05, 4.69) is 0 Å². The maximum absolute atomic E-state index is 13.3. The Morgan fingerprint density at radius 2 is 2.12 bits per heavy atom. The Labute approximate surface area is 104 Å². The smallest absolute Gasteiger partial charge is 0.256 e. The molecule has 0 radical (unpaired) electrons. The summed E-state index contributed by atoms with van der Waals surface area (Å²) in [7, 11) is 0. The number of hydrogen-bond acceptors (Lipinski definition) is 2. The van der Waals surface area contributed by atoms with E-state index in [0.29, 0.717) is 25.6 Å². The molecule has 2 rings (SSSR count). The molecule has 1 aliphatic heterocycles. The van der Waals surface area contributed by atoms with Gasteiger partial charge < -0.3 is 10.6 Å². The summed E-state index contributed by atoms with van der Waals surface area (Å²) < 4.78 is 26.0. The fraction of sp³-hybridized carbons (Fsp3) is 0.364. The van der Waals surface area contributed by atoms with Crippen molar-refractivity contribution in [3.8, 4) is 0 Å².